The molecular weight excluding hydrogens is 342 g/mol. The van der Waals surface area contributed by atoms with Crippen LogP contribution in [0, 0.1) is 10.1 Å². The maximum Gasteiger partial charge on any atom is 0.276 e. The van der Waals surface area contributed by atoms with Gasteiger partial charge < -0.3 is 9.32 Å². The van der Waals surface area contributed by atoms with Gasteiger partial charge in [0.05, 0.1) is 4.92 Å². The van der Waals surface area contributed by atoms with Crippen LogP contribution in [0.4, 0.5) is 5.69 Å². The average Bonchev–Trinajstić information content (AvgIpc) is 3.14. The Morgan fingerprint density at radius 3 is 2.48 bits per heavy atom. The first-order valence-corrected chi connectivity index (χ1v) is 7.99. The minimum Gasteiger partial charge on any atom is -0.457 e. The molecule has 0 aliphatic carbocycles. The van der Waals surface area contributed by atoms with Gasteiger partial charge in [0.25, 0.3) is 11.6 Å². The van der Waals surface area contributed by atoms with Crippen LogP contribution in [-0.4, -0.2) is 39.3 Å². The van der Waals surface area contributed by atoms with E-state index in [0.717, 1.165) is 0 Å². The molecule has 1 fully saturated rings. The van der Waals surface area contributed by atoms with Crippen molar-refractivity contribution in [2.45, 2.75) is 6.92 Å². The van der Waals surface area contributed by atoms with Crippen molar-refractivity contribution in [3.05, 3.63) is 58.0 Å². The topological polar surface area (TPSA) is 79.8 Å². The van der Waals surface area contributed by atoms with Crippen molar-refractivity contribution in [3.8, 4) is 11.3 Å². The summed E-state index contributed by atoms with van der Waals surface area (Å²) in [6.45, 7) is 2.37. The zero-order valence-electron chi connectivity index (χ0n) is 13.6. The number of furan rings is 1. The molecule has 1 saturated heterocycles. The van der Waals surface area contributed by atoms with Crippen LogP contribution in [-0.2, 0) is 4.79 Å². The molecule has 1 aliphatic rings. The first-order valence-electron chi connectivity index (χ1n) is 7.58. The van der Waals surface area contributed by atoms with Crippen LogP contribution in [0.3, 0.4) is 0 Å². The maximum atomic E-state index is 12.4. The van der Waals surface area contributed by atoms with Crippen molar-refractivity contribution in [1.82, 2.24) is 9.80 Å². The Labute approximate surface area is 149 Å². The second kappa shape index (κ2) is 6.48. The van der Waals surface area contributed by atoms with Crippen LogP contribution < -0.4 is 0 Å². The van der Waals surface area contributed by atoms with Crippen LogP contribution in [0.1, 0.15) is 12.7 Å². The largest absolute Gasteiger partial charge is 0.457 e. The molecule has 0 atom stereocenters. The second-order valence-corrected chi connectivity index (χ2v) is 5.79. The van der Waals surface area contributed by atoms with Gasteiger partial charge in [-0.3, -0.25) is 19.8 Å². The van der Waals surface area contributed by atoms with Gasteiger partial charge in [-0.1, -0.05) is 0 Å². The molecule has 0 bridgehead atoms. The minimum atomic E-state index is -0.453. The number of rotatable bonds is 4. The molecule has 0 unspecified atom stereocenters. The molecule has 1 aromatic carbocycles. The molecule has 0 saturated carbocycles. The molecule has 8 heteroatoms. The third kappa shape index (κ3) is 3.03. The molecule has 1 aliphatic heterocycles. The lowest BCUT2D eigenvalue weighted by molar-refractivity contribution is -0.384. The molecule has 128 valence electrons. The fraction of sp³-hybridized carbons (Fsp3) is 0.176. The molecule has 2 heterocycles. The first kappa shape index (κ1) is 16.8. The predicted octanol–water partition coefficient (Wildman–Crippen LogP) is 3.27. The second-order valence-electron chi connectivity index (χ2n) is 5.43. The number of carbonyl (C=O) groups is 1. The van der Waals surface area contributed by atoms with Gasteiger partial charge in [0, 0.05) is 37.4 Å². The van der Waals surface area contributed by atoms with Gasteiger partial charge in [-0.25, -0.2) is 0 Å². The number of non-ortho nitro benzene ring substituents is 1. The lowest BCUT2D eigenvalue weighted by Crippen LogP contribution is -2.30. The smallest absolute Gasteiger partial charge is 0.276 e. The van der Waals surface area contributed by atoms with Gasteiger partial charge in [0.15, 0.2) is 5.11 Å². The highest BCUT2D eigenvalue weighted by Gasteiger charge is 2.34. The van der Waals surface area contributed by atoms with Crippen LogP contribution in [0.25, 0.3) is 17.4 Å². The Hall–Kier alpha value is -3.00. The van der Waals surface area contributed by atoms with Gasteiger partial charge in [-0.05, 0) is 43.4 Å². The standard InChI is InChI=1S/C17H15N3O4S/c1-3-19-16(21)14(18(2)17(19)25)10-13-8-9-15(24-13)11-4-6-12(7-5-11)20(22)23/h4-10H,3H2,1-2H3/b14-10-. The lowest BCUT2D eigenvalue weighted by Gasteiger charge is -2.13. The molecule has 25 heavy (non-hydrogen) atoms. The molecule has 0 N–H and O–H groups in total. The predicted molar refractivity (Wildman–Crippen MR) is 96.5 cm³/mol. The SMILES string of the molecule is CCN1C(=O)/C(=C/c2ccc(-c3ccc([N+](=O)[O-])cc3)o2)N(C)C1=S. The van der Waals surface area contributed by atoms with E-state index in [2.05, 4.69) is 0 Å². The number of amides is 1. The fourth-order valence-electron chi connectivity index (χ4n) is 2.56. The highest BCUT2D eigenvalue weighted by Crippen LogP contribution is 2.27. The van der Waals surface area contributed by atoms with Gasteiger partial charge in [-0.2, -0.15) is 0 Å². The molecule has 0 spiro atoms. The van der Waals surface area contributed by atoms with Crippen molar-refractivity contribution in [3.63, 3.8) is 0 Å². The van der Waals surface area contributed by atoms with E-state index in [1.807, 2.05) is 6.92 Å². The quantitative estimate of drug-likeness (QED) is 0.362. The minimum absolute atomic E-state index is 0.0176. The summed E-state index contributed by atoms with van der Waals surface area (Å²) in [6, 6.07) is 9.57. The van der Waals surface area contributed by atoms with Crippen molar-refractivity contribution in [1.29, 1.82) is 0 Å². The number of benzene rings is 1. The van der Waals surface area contributed by atoms with E-state index in [1.165, 1.54) is 17.0 Å². The van der Waals surface area contributed by atoms with E-state index in [-0.39, 0.29) is 11.6 Å². The average molecular weight is 357 g/mol. The summed E-state index contributed by atoms with van der Waals surface area (Å²) in [5, 5.41) is 11.2. The van der Waals surface area contributed by atoms with Gasteiger partial charge >= 0.3 is 0 Å². The summed E-state index contributed by atoms with van der Waals surface area (Å²) in [5.74, 6) is 0.900. The van der Waals surface area contributed by atoms with Crippen molar-refractivity contribution in [2.24, 2.45) is 0 Å². The Kier molecular flexibility index (Phi) is 4.37. The number of nitrogens with zero attached hydrogens (tertiary/aromatic N) is 3. The Morgan fingerprint density at radius 2 is 1.92 bits per heavy atom. The monoisotopic (exact) mass is 357 g/mol. The lowest BCUT2D eigenvalue weighted by atomic mass is 10.1. The number of hydrogen-bond acceptors (Lipinski definition) is 5. The van der Waals surface area contributed by atoms with Crippen molar-refractivity contribution >= 4 is 35.0 Å². The summed E-state index contributed by atoms with van der Waals surface area (Å²) in [7, 11) is 1.74. The molecular formula is C17H15N3O4S. The summed E-state index contributed by atoms with van der Waals surface area (Å²) >= 11 is 5.25. The molecule has 7 nitrogen and oxygen atoms in total. The van der Waals surface area contributed by atoms with E-state index in [9.17, 15) is 14.9 Å². The summed E-state index contributed by atoms with van der Waals surface area (Å²) in [4.78, 5) is 25.8. The van der Waals surface area contributed by atoms with Gasteiger partial charge in [0.2, 0.25) is 0 Å². The molecule has 0 radical (unpaired) electrons. The number of nitro groups is 1. The van der Waals surface area contributed by atoms with Crippen molar-refractivity contribution in [2.75, 3.05) is 13.6 Å². The highest BCUT2D eigenvalue weighted by atomic mass is 32.1. The Morgan fingerprint density at radius 1 is 1.24 bits per heavy atom. The number of nitro benzene ring substituents is 1. The van der Waals surface area contributed by atoms with Crippen molar-refractivity contribution < 1.29 is 14.1 Å². The maximum absolute atomic E-state index is 12.4. The van der Waals surface area contributed by atoms with E-state index >= 15 is 0 Å². The van der Waals surface area contributed by atoms with E-state index < -0.39 is 4.92 Å². The normalized spacial score (nSPS) is 16.2. The van der Waals surface area contributed by atoms with Gasteiger partial charge in [-0.15, -0.1) is 0 Å². The van der Waals surface area contributed by atoms with Crippen LogP contribution in [0.2, 0.25) is 0 Å². The van der Waals surface area contributed by atoms with Gasteiger partial charge in [0.1, 0.15) is 17.2 Å². The third-order valence-corrected chi connectivity index (χ3v) is 4.42. The number of carbonyl (C=O) groups excluding carboxylic acids is 1. The van der Waals surface area contributed by atoms with Crippen LogP contribution in [0.5, 0.6) is 0 Å². The fourth-order valence-corrected chi connectivity index (χ4v) is 2.87. The molecule has 1 amide bonds. The molecule has 2 aromatic rings. The molecule has 1 aromatic heterocycles. The zero-order valence-corrected chi connectivity index (χ0v) is 14.4. The van der Waals surface area contributed by atoms with E-state index in [1.54, 1.807) is 42.3 Å². The number of likely N-dealkylation sites (N-methyl/N-ethyl adjacent to an activating group) is 2. The highest BCUT2D eigenvalue weighted by molar-refractivity contribution is 7.80. The zero-order chi connectivity index (χ0) is 18.1. The number of hydrogen-bond donors (Lipinski definition) is 0. The number of thiocarbonyl (C=S) groups is 1. The van der Waals surface area contributed by atoms with E-state index in [4.69, 9.17) is 16.6 Å². The summed E-state index contributed by atoms with van der Waals surface area (Å²) in [5.41, 5.74) is 1.17. The third-order valence-electron chi connectivity index (χ3n) is 3.93. The van der Waals surface area contributed by atoms with E-state index in [0.29, 0.717) is 34.4 Å². The molecule has 3 rings (SSSR count). The summed E-state index contributed by atoms with van der Waals surface area (Å²) < 4.78 is 5.75. The Balaban J connectivity index is 1.88. The summed E-state index contributed by atoms with van der Waals surface area (Å²) in [6.07, 6.45) is 1.64. The first-order chi connectivity index (χ1) is 11.9. The van der Waals surface area contributed by atoms with Crippen LogP contribution in [0.15, 0.2) is 46.5 Å². The van der Waals surface area contributed by atoms with Crippen LogP contribution >= 0.6 is 12.2 Å². The Bertz CT molecular complexity index is 886.